The molecule has 1 saturated carbocycles. The zero-order valence-corrected chi connectivity index (χ0v) is 13.6. The summed E-state index contributed by atoms with van der Waals surface area (Å²) in [4.78, 5) is 14.7. The van der Waals surface area contributed by atoms with E-state index < -0.39 is 16.9 Å². The summed E-state index contributed by atoms with van der Waals surface area (Å²) in [6.07, 6.45) is 1.92. The Morgan fingerprint density at radius 2 is 2.08 bits per heavy atom. The Morgan fingerprint density at radius 1 is 1.38 bits per heavy atom. The highest BCUT2D eigenvalue weighted by atomic mass is 19.1. The first kappa shape index (κ1) is 15.5. The number of morpholine rings is 1. The van der Waals surface area contributed by atoms with Gasteiger partial charge in [0.25, 0.3) is 0 Å². The summed E-state index contributed by atoms with van der Waals surface area (Å²) < 4.78 is 20.1. The van der Waals surface area contributed by atoms with E-state index in [-0.39, 0.29) is 11.6 Å². The van der Waals surface area contributed by atoms with E-state index in [0.717, 1.165) is 5.56 Å². The minimum absolute atomic E-state index is 0.00262. The molecule has 0 N–H and O–H groups in total. The van der Waals surface area contributed by atoms with E-state index in [9.17, 15) is 14.4 Å². The monoisotopic (exact) mass is 326 g/mol. The lowest BCUT2D eigenvalue weighted by molar-refractivity contribution is -0.142. The van der Waals surface area contributed by atoms with E-state index in [2.05, 4.69) is 11.0 Å². The van der Waals surface area contributed by atoms with E-state index in [1.165, 1.54) is 6.08 Å². The number of fused-ring (bicyclic) bond motifs is 3. The molecule has 1 aliphatic heterocycles. The highest BCUT2D eigenvalue weighted by Gasteiger charge is 2.70. The SMILES string of the molecule is CC(=O)[C@@]12C[C@@](C#N)(N3CCOCC3)[C@H]1C=C(F)c1ccccc12. The van der Waals surface area contributed by atoms with Crippen molar-refractivity contribution < 1.29 is 13.9 Å². The number of Topliss-reactive ketones (excluding diaryl/α,β-unsaturated/α-hetero) is 1. The van der Waals surface area contributed by atoms with Crippen LogP contribution >= 0.6 is 0 Å². The Hall–Kier alpha value is -2.03. The zero-order chi connectivity index (χ0) is 16.9. The number of hydrogen-bond donors (Lipinski definition) is 0. The van der Waals surface area contributed by atoms with Crippen LogP contribution < -0.4 is 0 Å². The van der Waals surface area contributed by atoms with E-state index in [0.29, 0.717) is 38.3 Å². The average Bonchev–Trinajstić information content (AvgIpc) is 2.60. The molecule has 0 unspecified atom stereocenters. The van der Waals surface area contributed by atoms with Gasteiger partial charge in [0.05, 0.1) is 24.7 Å². The molecule has 1 aromatic carbocycles. The van der Waals surface area contributed by atoms with Crippen LogP contribution in [0, 0.1) is 17.2 Å². The Morgan fingerprint density at radius 3 is 2.75 bits per heavy atom. The second-order valence-electron chi connectivity index (χ2n) is 6.88. The second-order valence-corrected chi connectivity index (χ2v) is 6.88. The molecule has 1 saturated heterocycles. The molecular weight excluding hydrogens is 307 g/mol. The Balaban J connectivity index is 1.85. The van der Waals surface area contributed by atoms with E-state index in [4.69, 9.17) is 4.74 Å². The smallest absolute Gasteiger partial charge is 0.141 e. The van der Waals surface area contributed by atoms with Gasteiger partial charge in [-0.2, -0.15) is 5.26 Å². The third kappa shape index (κ3) is 1.76. The maximum absolute atomic E-state index is 14.7. The third-order valence-corrected chi connectivity index (χ3v) is 5.97. The molecule has 5 heteroatoms. The molecule has 1 aromatic rings. The Labute approximate surface area is 140 Å². The maximum Gasteiger partial charge on any atom is 0.141 e. The lowest BCUT2D eigenvalue weighted by Crippen LogP contribution is -2.74. The molecule has 24 heavy (non-hydrogen) atoms. The average molecular weight is 326 g/mol. The summed E-state index contributed by atoms with van der Waals surface area (Å²) in [7, 11) is 0. The second kappa shape index (κ2) is 5.23. The quantitative estimate of drug-likeness (QED) is 0.838. The molecular formula is C19H19FN2O2. The van der Waals surface area contributed by atoms with Gasteiger partial charge in [-0.25, -0.2) is 4.39 Å². The number of nitriles is 1. The number of halogens is 1. The van der Waals surface area contributed by atoms with Crippen LogP contribution in [0.1, 0.15) is 24.5 Å². The standard InChI is InChI=1S/C19H19FN2O2/c1-13(23)19-11-18(12-21,22-6-8-24-9-7-22)17(19)10-16(20)14-4-2-3-5-15(14)19/h2-5,10,17H,6-9,11H2,1H3/t17-,18+,19-/m1/s1. The van der Waals surface area contributed by atoms with Crippen molar-refractivity contribution in [3.8, 4) is 6.07 Å². The number of carbonyl (C=O) groups excluding carboxylic acids is 1. The topological polar surface area (TPSA) is 53.3 Å². The molecule has 124 valence electrons. The van der Waals surface area contributed by atoms with Gasteiger partial charge in [-0.3, -0.25) is 9.69 Å². The molecule has 0 amide bonds. The van der Waals surface area contributed by atoms with Crippen LogP contribution in [0.3, 0.4) is 0 Å². The van der Waals surface area contributed by atoms with Crippen molar-refractivity contribution in [2.45, 2.75) is 24.3 Å². The number of nitrogens with zero attached hydrogens (tertiary/aromatic N) is 2. The first-order valence-corrected chi connectivity index (χ1v) is 8.28. The van der Waals surface area contributed by atoms with Crippen molar-refractivity contribution in [3.63, 3.8) is 0 Å². The first-order valence-electron chi connectivity index (χ1n) is 8.28. The summed E-state index contributed by atoms with van der Waals surface area (Å²) >= 11 is 0. The number of benzene rings is 1. The van der Waals surface area contributed by atoms with Crippen LogP contribution in [-0.4, -0.2) is 42.5 Å². The fourth-order valence-corrected chi connectivity index (χ4v) is 4.76. The van der Waals surface area contributed by atoms with Crippen LogP contribution in [0.5, 0.6) is 0 Å². The molecule has 0 radical (unpaired) electrons. The zero-order valence-electron chi connectivity index (χ0n) is 13.6. The molecule has 0 bridgehead atoms. The number of carbonyl (C=O) groups is 1. The van der Waals surface area contributed by atoms with E-state index >= 15 is 0 Å². The van der Waals surface area contributed by atoms with Crippen LogP contribution in [0.25, 0.3) is 5.83 Å². The molecule has 2 aliphatic carbocycles. The molecule has 0 spiro atoms. The van der Waals surface area contributed by atoms with Gasteiger partial charge in [-0.15, -0.1) is 0 Å². The minimum Gasteiger partial charge on any atom is -0.379 e. The van der Waals surface area contributed by atoms with Gasteiger partial charge in [0.15, 0.2) is 0 Å². The first-order chi connectivity index (χ1) is 11.6. The predicted molar refractivity (Wildman–Crippen MR) is 86.7 cm³/mol. The van der Waals surface area contributed by atoms with Gasteiger partial charge in [0, 0.05) is 24.6 Å². The van der Waals surface area contributed by atoms with Gasteiger partial charge in [-0.05, 0) is 25.0 Å². The van der Waals surface area contributed by atoms with Crippen molar-refractivity contribution in [1.29, 1.82) is 5.26 Å². The van der Waals surface area contributed by atoms with Gasteiger partial charge in [0.1, 0.15) is 17.1 Å². The fraction of sp³-hybridized carbons (Fsp3) is 0.474. The van der Waals surface area contributed by atoms with Crippen LogP contribution in [-0.2, 0) is 14.9 Å². The van der Waals surface area contributed by atoms with E-state index in [1.54, 1.807) is 19.1 Å². The molecule has 4 nitrogen and oxygen atoms in total. The molecule has 0 aromatic heterocycles. The van der Waals surface area contributed by atoms with Gasteiger partial charge >= 0.3 is 0 Å². The lowest BCUT2D eigenvalue weighted by atomic mass is 9.43. The molecule has 3 atom stereocenters. The number of ketones is 1. The summed E-state index contributed by atoms with van der Waals surface area (Å²) in [6, 6.07) is 9.57. The highest BCUT2D eigenvalue weighted by Crippen LogP contribution is 2.62. The highest BCUT2D eigenvalue weighted by molar-refractivity contribution is 5.94. The molecule has 1 heterocycles. The molecule has 3 aliphatic rings. The minimum atomic E-state index is -0.833. The predicted octanol–water partition coefficient (Wildman–Crippen LogP) is 2.45. The van der Waals surface area contributed by atoms with Gasteiger partial charge < -0.3 is 4.74 Å². The lowest BCUT2D eigenvalue weighted by Gasteiger charge is -2.63. The normalized spacial score (nSPS) is 35.0. The number of hydrogen-bond acceptors (Lipinski definition) is 4. The number of ether oxygens (including phenoxy) is 1. The van der Waals surface area contributed by atoms with Crippen LogP contribution in [0.2, 0.25) is 0 Å². The van der Waals surface area contributed by atoms with Crippen LogP contribution in [0.15, 0.2) is 30.3 Å². The Kier molecular flexibility index (Phi) is 3.38. The fourth-order valence-electron chi connectivity index (χ4n) is 4.76. The number of rotatable bonds is 2. The summed E-state index contributed by atoms with van der Waals surface area (Å²) in [6.45, 7) is 3.95. The van der Waals surface area contributed by atoms with Crippen molar-refractivity contribution in [2.75, 3.05) is 26.3 Å². The van der Waals surface area contributed by atoms with Gasteiger partial charge in [0.2, 0.25) is 0 Å². The van der Waals surface area contributed by atoms with Crippen molar-refractivity contribution in [2.24, 2.45) is 5.92 Å². The summed E-state index contributed by atoms with van der Waals surface area (Å²) in [5.74, 6) is -0.789. The van der Waals surface area contributed by atoms with E-state index in [1.807, 2.05) is 12.1 Å². The van der Waals surface area contributed by atoms with Crippen molar-refractivity contribution >= 4 is 11.6 Å². The van der Waals surface area contributed by atoms with Crippen LogP contribution in [0.4, 0.5) is 4.39 Å². The van der Waals surface area contributed by atoms with Gasteiger partial charge in [-0.1, -0.05) is 24.3 Å². The molecule has 2 fully saturated rings. The molecule has 4 rings (SSSR count). The maximum atomic E-state index is 14.7. The van der Waals surface area contributed by atoms with Crippen molar-refractivity contribution in [3.05, 3.63) is 41.5 Å². The third-order valence-electron chi connectivity index (χ3n) is 5.97. The largest absolute Gasteiger partial charge is 0.379 e. The Bertz CT molecular complexity index is 778. The summed E-state index contributed by atoms with van der Waals surface area (Å²) in [5, 5.41) is 9.96. The van der Waals surface area contributed by atoms with Crippen molar-refractivity contribution in [1.82, 2.24) is 4.90 Å². The summed E-state index contributed by atoms with van der Waals surface area (Å²) in [5.41, 5.74) is -0.417.